The molecule has 2 aromatic carbocycles. The summed E-state index contributed by atoms with van der Waals surface area (Å²) in [6, 6.07) is 9.02. The van der Waals surface area contributed by atoms with E-state index in [4.69, 9.17) is 5.73 Å². The molecule has 2 unspecified atom stereocenters. The Bertz CT molecular complexity index is 1460. The van der Waals surface area contributed by atoms with Crippen molar-refractivity contribution >= 4 is 29.0 Å². The van der Waals surface area contributed by atoms with Crippen LogP contribution in [0.5, 0.6) is 5.75 Å². The van der Waals surface area contributed by atoms with E-state index in [2.05, 4.69) is 0 Å². The Morgan fingerprint density at radius 3 is 2.26 bits per heavy atom. The van der Waals surface area contributed by atoms with Crippen LogP contribution in [-0.2, 0) is 20.8 Å². The topological polar surface area (TPSA) is 178 Å². The van der Waals surface area contributed by atoms with Gasteiger partial charge in [0, 0.05) is 28.7 Å². The maximum absolute atomic E-state index is 13.9. The van der Waals surface area contributed by atoms with Crippen LogP contribution in [0.25, 0.3) is 16.9 Å². The molecule has 2 fully saturated rings. The Morgan fingerprint density at radius 1 is 1.05 bits per heavy atom. The van der Waals surface area contributed by atoms with Crippen LogP contribution in [0.2, 0.25) is 0 Å². The van der Waals surface area contributed by atoms with Crippen LogP contribution < -0.4 is 5.73 Å². The fourth-order valence-electron chi connectivity index (χ4n) is 6.70. The Balaban J connectivity index is 1.64. The highest BCUT2D eigenvalue weighted by Crippen LogP contribution is 2.53. The van der Waals surface area contributed by atoms with E-state index in [0.717, 1.165) is 0 Å². The number of phenolic OH excluding ortho intramolecular Hbond substituents is 1. The number of aliphatic hydroxyl groups excluding tert-OH is 2. The molecule has 39 heavy (non-hydrogen) atoms. The van der Waals surface area contributed by atoms with Crippen LogP contribution in [0.15, 0.2) is 42.0 Å². The third kappa shape index (κ3) is 3.74. The van der Waals surface area contributed by atoms with Gasteiger partial charge in [-0.2, -0.15) is 0 Å². The number of nitrogens with zero attached hydrogens (tertiary/aromatic N) is 1. The van der Waals surface area contributed by atoms with E-state index in [1.165, 1.54) is 6.92 Å². The second kappa shape index (κ2) is 9.11. The van der Waals surface area contributed by atoms with Crippen molar-refractivity contribution in [3.63, 3.8) is 0 Å². The summed E-state index contributed by atoms with van der Waals surface area (Å²) in [4.78, 5) is 52.6. The molecule has 0 radical (unpaired) electrons. The van der Waals surface area contributed by atoms with Gasteiger partial charge in [0.1, 0.15) is 17.4 Å². The number of hydrogen-bond donors (Lipinski definition) is 5. The average Bonchev–Trinajstić information content (AvgIpc) is 2.86. The summed E-state index contributed by atoms with van der Waals surface area (Å²) in [5, 5.41) is 45.2. The van der Waals surface area contributed by atoms with Crippen molar-refractivity contribution in [2.75, 3.05) is 14.1 Å². The zero-order valence-corrected chi connectivity index (χ0v) is 21.7. The normalized spacial score (nSPS) is 30.1. The van der Waals surface area contributed by atoms with E-state index >= 15 is 0 Å². The molecule has 10 nitrogen and oxygen atoms in total. The minimum absolute atomic E-state index is 0.0173. The van der Waals surface area contributed by atoms with E-state index in [1.807, 2.05) is 0 Å². The quantitative estimate of drug-likeness (QED) is 0.283. The summed E-state index contributed by atoms with van der Waals surface area (Å²) in [6.45, 7) is 1.44. The first-order valence-electron chi connectivity index (χ1n) is 12.7. The predicted molar refractivity (Wildman–Crippen MR) is 140 cm³/mol. The number of benzene rings is 2. The number of carbonyl (C=O) groups excluding carboxylic acids is 4. The lowest BCUT2D eigenvalue weighted by atomic mass is 9.54. The van der Waals surface area contributed by atoms with Crippen LogP contribution in [0.3, 0.4) is 0 Å². The second-order valence-corrected chi connectivity index (χ2v) is 10.9. The number of amides is 1. The van der Waals surface area contributed by atoms with Gasteiger partial charge in [0.15, 0.2) is 17.2 Å². The summed E-state index contributed by atoms with van der Waals surface area (Å²) in [6.07, 6.45) is -1.24. The first kappa shape index (κ1) is 26.7. The lowest BCUT2D eigenvalue weighted by Crippen LogP contribution is -2.73. The Hall–Kier alpha value is -3.86. The lowest BCUT2D eigenvalue weighted by Gasteiger charge is -2.53. The molecule has 6 N–H and O–H groups in total. The monoisotopic (exact) mass is 534 g/mol. The van der Waals surface area contributed by atoms with E-state index < -0.39 is 58.7 Å². The van der Waals surface area contributed by atoms with E-state index in [-0.39, 0.29) is 35.5 Å². The molecule has 5 rings (SSSR count). The largest absolute Gasteiger partial charge is 0.507 e. The highest BCUT2D eigenvalue weighted by atomic mass is 16.3. The molecule has 0 heterocycles. The summed E-state index contributed by atoms with van der Waals surface area (Å²) in [7, 11) is 3.21. The van der Waals surface area contributed by atoms with Crippen molar-refractivity contribution < 1.29 is 39.6 Å². The Labute approximate surface area is 224 Å². The van der Waals surface area contributed by atoms with Crippen LogP contribution in [-0.4, -0.2) is 80.4 Å². The van der Waals surface area contributed by atoms with Gasteiger partial charge in [-0.1, -0.05) is 36.4 Å². The SMILES string of the molecule is CC(=O)c1ccc(-c2ccc3c(c2O)C(O)=C2C(=O)[C@@]4(O)C(=O)C(C(N)=O)C(O)[C@H](N(C)C)[C@H]4C[C@H]2C3)cc1. The fraction of sp³-hybridized carbons (Fsp3) is 0.379. The number of rotatable bonds is 4. The standard InChI is InChI=1S/C29H30N2O8/c1-12(32)13-4-6-14(7-5-13)17-9-8-15-10-16-11-18-22(31(2)3)25(35)21(28(30)38)27(37)29(18,39)26(36)20(16)24(34)19(15)23(17)33/h4-9,16,18,21-22,25,33-35,39H,10-11H2,1-3H3,(H2,30,38)/t16-,18-,21?,22-,25?,29-/m1/s1. The van der Waals surface area contributed by atoms with Gasteiger partial charge in [0.2, 0.25) is 11.7 Å². The lowest BCUT2D eigenvalue weighted by molar-refractivity contribution is -0.184. The summed E-state index contributed by atoms with van der Waals surface area (Å²) >= 11 is 0. The number of carbonyl (C=O) groups is 4. The average molecular weight is 535 g/mol. The van der Waals surface area contributed by atoms with Gasteiger partial charge in [-0.25, -0.2) is 0 Å². The molecule has 204 valence electrons. The molecule has 6 atom stereocenters. The number of aromatic hydroxyl groups is 1. The first-order chi connectivity index (χ1) is 18.3. The minimum atomic E-state index is -2.69. The van der Waals surface area contributed by atoms with E-state index in [1.54, 1.807) is 55.4 Å². The van der Waals surface area contributed by atoms with Crippen LogP contribution in [0.4, 0.5) is 0 Å². The number of phenols is 1. The summed E-state index contributed by atoms with van der Waals surface area (Å²) in [5.41, 5.74) is 4.51. The van der Waals surface area contributed by atoms with Crippen molar-refractivity contribution in [3.05, 3.63) is 58.7 Å². The molecule has 1 amide bonds. The number of ketones is 3. The summed E-state index contributed by atoms with van der Waals surface area (Å²) in [5.74, 6) is -7.84. The summed E-state index contributed by atoms with van der Waals surface area (Å²) < 4.78 is 0. The molecule has 0 aliphatic heterocycles. The second-order valence-electron chi connectivity index (χ2n) is 10.9. The van der Waals surface area contributed by atoms with Crippen molar-refractivity contribution in [1.82, 2.24) is 4.90 Å². The third-order valence-electron chi connectivity index (χ3n) is 8.56. The number of aliphatic hydroxyl groups is 3. The van der Waals surface area contributed by atoms with Gasteiger partial charge >= 0.3 is 0 Å². The maximum Gasteiger partial charge on any atom is 0.230 e. The highest BCUT2D eigenvalue weighted by Gasteiger charge is 2.67. The third-order valence-corrected chi connectivity index (χ3v) is 8.56. The molecule has 10 heteroatoms. The van der Waals surface area contributed by atoms with Gasteiger partial charge in [-0.3, -0.25) is 19.2 Å². The van der Waals surface area contributed by atoms with Crippen LogP contribution in [0.1, 0.15) is 34.8 Å². The first-order valence-corrected chi connectivity index (χ1v) is 12.7. The predicted octanol–water partition coefficient (Wildman–Crippen LogP) is 0.999. The highest BCUT2D eigenvalue weighted by molar-refractivity contribution is 6.25. The van der Waals surface area contributed by atoms with Crippen molar-refractivity contribution in [1.29, 1.82) is 0 Å². The molecule has 3 aliphatic carbocycles. The molecular formula is C29H30N2O8. The fourth-order valence-corrected chi connectivity index (χ4v) is 6.70. The maximum atomic E-state index is 13.9. The smallest absolute Gasteiger partial charge is 0.230 e. The van der Waals surface area contributed by atoms with Crippen molar-refractivity contribution in [2.45, 2.75) is 37.5 Å². The van der Waals surface area contributed by atoms with E-state index in [9.17, 15) is 39.6 Å². The molecule has 2 saturated carbocycles. The molecule has 0 aromatic heterocycles. The molecular weight excluding hydrogens is 504 g/mol. The van der Waals surface area contributed by atoms with Crippen LogP contribution >= 0.6 is 0 Å². The number of nitrogens with two attached hydrogens (primary N) is 1. The van der Waals surface area contributed by atoms with Gasteiger partial charge in [-0.05, 0) is 50.9 Å². The molecule has 2 aromatic rings. The molecule has 3 aliphatic rings. The van der Waals surface area contributed by atoms with Gasteiger partial charge in [0.25, 0.3) is 0 Å². The Morgan fingerprint density at radius 2 is 1.69 bits per heavy atom. The number of primary amides is 1. The van der Waals surface area contributed by atoms with Gasteiger partial charge < -0.3 is 31.1 Å². The van der Waals surface area contributed by atoms with Crippen molar-refractivity contribution in [2.24, 2.45) is 23.5 Å². The molecule has 0 bridgehead atoms. The molecule has 0 saturated heterocycles. The van der Waals surface area contributed by atoms with Gasteiger partial charge in [0.05, 0.1) is 11.7 Å². The zero-order chi connectivity index (χ0) is 28.5. The number of fused-ring (bicyclic) bond motifs is 3. The van der Waals surface area contributed by atoms with E-state index in [0.29, 0.717) is 22.3 Å². The zero-order valence-electron chi connectivity index (χ0n) is 21.7. The minimum Gasteiger partial charge on any atom is -0.507 e. The number of hydrogen-bond acceptors (Lipinski definition) is 9. The van der Waals surface area contributed by atoms with Crippen LogP contribution in [0, 0.1) is 17.8 Å². The number of likely N-dealkylation sites (N-methyl/N-ethyl adjacent to an activating group) is 1. The Kier molecular flexibility index (Phi) is 6.25. The van der Waals surface area contributed by atoms with Gasteiger partial charge in [-0.15, -0.1) is 0 Å². The van der Waals surface area contributed by atoms with Crippen molar-refractivity contribution in [3.8, 4) is 16.9 Å². The molecule has 0 spiro atoms. The number of Topliss-reactive ketones (excluding diaryl/α,β-unsaturated/α-hetero) is 3.